The highest BCUT2D eigenvalue weighted by Gasteiger charge is 2.31. The van der Waals surface area contributed by atoms with Gasteiger partial charge in [0.15, 0.2) is 0 Å². The molecule has 0 atom stereocenters. The fourth-order valence-electron chi connectivity index (χ4n) is 2.63. The third-order valence-electron chi connectivity index (χ3n) is 3.72. The third-order valence-corrected chi connectivity index (χ3v) is 3.72. The van der Waals surface area contributed by atoms with Crippen LogP contribution in [0.3, 0.4) is 0 Å². The summed E-state index contributed by atoms with van der Waals surface area (Å²) in [6.07, 6.45) is 6.04. The lowest BCUT2D eigenvalue weighted by Crippen LogP contribution is -2.40. The third kappa shape index (κ3) is 3.44. The Bertz CT molecular complexity index is 516. The number of nitrogens with two attached hydrogens (primary N) is 1. The second-order valence-corrected chi connectivity index (χ2v) is 5.34. The second-order valence-electron chi connectivity index (χ2n) is 5.34. The van der Waals surface area contributed by atoms with Crippen molar-refractivity contribution in [2.45, 2.75) is 51.1 Å². The Kier molecular flexibility index (Phi) is 4.04. The van der Waals surface area contributed by atoms with E-state index in [1.807, 2.05) is 6.92 Å². The molecule has 19 heavy (non-hydrogen) atoms. The zero-order valence-electron chi connectivity index (χ0n) is 11.3. The van der Waals surface area contributed by atoms with Gasteiger partial charge in [0.25, 0.3) is 5.56 Å². The fourth-order valence-corrected chi connectivity index (χ4v) is 2.63. The molecule has 1 heterocycles. The van der Waals surface area contributed by atoms with E-state index < -0.39 is 0 Å². The van der Waals surface area contributed by atoms with Crippen LogP contribution in [0.1, 0.15) is 39.0 Å². The average Bonchev–Trinajstić information content (AvgIpc) is 2.78. The molecule has 0 spiro atoms. The monoisotopic (exact) mass is 263 g/mol. The van der Waals surface area contributed by atoms with Gasteiger partial charge in [-0.25, -0.2) is 0 Å². The van der Waals surface area contributed by atoms with Crippen molar-refractivity contribution in [3.8, 4) is 0 Å². The summed E-state index contributed by atoms with van der Waals surface area (Å²) in [5.41, 5.74) is 6.42. The maximum Gasteiger partial charge on any atom is 0.250 e. The van der Waals surface area contributed by atoms with Crippen molar-refractivity contribution in [3.05, 3.63) is 28.7 Å². The molecule has 5 nitrogen and oxygen atoms in total. The van der Waals surface area contributed by atoms with Gasteiger partial charge < -0.3 is 15.6 Å². The zero-order chi connectivity index (χ0) is 13.9. The molecule has 0 bridgehead atoms. The Morgan fingerprint density at radius 3 is 2.74 bits per heavy atom. The van der Waals surface area contributed by atoms with Gasteiger partial charge in [-0.2, -0.15) is 0 Å². The first-order valence-corrected chi connectivity index (χ1v) is 6.82. The summed E-state index contributed by atoms with van der Waals surface area (Å²) < 4.78 is 1.56. The van der Waals surface area contributed by atoms with Crippen LogP contribution in [-0.4, -0.2) is 16.0 Å². The SMILES string of the molecule is CCn1cc(NC(=O)CC2(N)CCCC2)ccc1=O. The molecule has 0 saturated heterocycles. The Balaban J connectivity index is 2.00. The molecule has 104 valence electrons. The number of aryl methyl sites for hydroxylation is 1. The summed E-state index contributed by atoms with van der Waals surface area (Å²) in [6, 6.07) is 3.09. The lowest BCUT2D eigenvalue weighted by Gasteiger charge is -2.22. The fraction of sp³-hybridized carbons (Fsp3) is 0.571. The summed E-state index contributed by atoms with van der Waals surface area (Å²) in [5.74, 6) is -0.0781. The molecular formula is C14H21N3O2. The van der Waals surface area contributed by atoms with Crippen LogP contribution in [0.15, 0.2) is 23.1 Å². The number of anilines is 1. The average molecular weight is 263 g/mol. The number of amides is 1. The summed E-state index contributed by atoms with van der Waals surface area (Å²) in [5, 5.41) is 2.82. The number of hydrogen-bond donors (Lipinski definition) is 2. The normalized spacial score (nSPS) is 17.4. The number of rotatable bonds is 4. The van der Waals surface area contributed by atoms with Crippen molar-refractivity contribution in [2.24, 2.45) is 5.73 Å². The summed E-state index contributed by atoms with van der Waals surface area (Å²) in [6.45, 7) is 2.48. The van der Waals surface area contributed by atoms with Crippen LogP contribution in [0.25, 0.3) is 0 Å². The van der Waals surface area contributed by atoms with E-state index in [0.29, 0.717) is 18.7 Å². The molecule has 5 heteroatoms. The van der Waals surface area contributed by atoms with Crippen molar-refractivity contribution in [1.82, 2.24) is 4.57 Å². The molecule has 0 aromatic carbocycles. The van der Waals surface area contributed by atoms with E-state index in [0.717, 1.165) is 25.7 Å². The van der Waals surface area contributed by atoms with Crippen molar-refractivity contribution in [3.63, 3.8) is 0 Å². The van der Waals surface area contributed by atoms with Gasteiger partial charge in [0.05, 0.1) is 5.69 Å². The number of carbonyl (C=O) groups is 1. The van der Waals surface area contributed by atoms with Crippen LogP contribution in [0.4, 0.5) is 5.69 Å². The van der Waals surface area contributed by atoms with Gasteiger partial charge in [0.2, 0.25) is 5.91 Å². The Labute approximate surface area is 112 Å². The lowest BCUT2D eigenvalue weighted by molar-refractivity contribution is -0.117. The zero-order valence-corrected chi connectivity index (χ0v) is 11.3. The van der Waals surface area contributed by atoms with Crippen molar-refractivity contribution in [2.75, 3.05) is 5.32 Å². The minimum absolute atomic E-state index is 0.0633. The first kappa shape index (κ1) is 13.8. The van der Waals surface area contributed by atoms with E-state index in [-0.39, 0.29) is 17.0 Å². The highest BCUT2D eigenvalue weighted by Crippen LogP contribution is 2.30. The highest BCUT2D eigenvalue weighted by atomic mass is 16.1. The van der Waals surface area contributed by atoms with E-state index in [1.54, 1.807) is 16.8 Å². The molecular weight excluding hydrogens is 242 g/mol. The topological polar surface area (TPSA) is 77.1 Å². The van der Waals surface area contributed by atoms with Crippen LogP contribution in [0.5, 0.6) is 0 Å². The van der Waals surface area contributed by atoms with E-state index in [4.69, 9.17) is 5.73 Å². The summed E-state index contributed by atoms with van der Waals surface area (Å²) in [4.78, 5) is 23.4. The molecule has 0 unspecified atom stereocenters. The first-order valence-electron chi connectivity index (χ1n) is 6.82. The molecule has 1 aliphatic carbocycles. The van der Waals surface area contributed by atoms with E-state index in [1.165, 1.54) is 6.07 Å². The molecule has 1 aliphatic rings. The van der Waals surface area contributed by atoms with Gasteiger partial charge in [-0.3, -0.25) is 9.59 Å². The number of hydrogen-bond acceptors (Lipinski definition) is 3. The maximum absolute atomic E-state index is 12.0. The molecule has 2 rings (SSSR count). The van der Waals surface area contributed by atoms with E-state index in [9.17, 15) is 9.59 Å². The molecule has 1 aromatic heterocycles. The number of nitrogens with zero attached hydrogens (tertiary/aromatic N) is 1. The molecule has 1 fully saturated rings. The van der Waals surface area contributed by atoms with Crippen molar-refractivity contribution in [1.29, 1.82) is 0 Å². The van der Waals surface area contributed by atoms with E-state index in [2.05, 4.69) is 5.32 Å². The van der Waals surface area contributed by atoms with Crippen LogP contribution >= 0.6 is 0 Å². The largest absolute Gasteiger partial charge is 0.325 e. The van der Waals surface area contributed by atoms with Crippen molar-refractivity contribution < 1.29 is 4.79 Å². The second kappa shape index (κ2) is 5.57. The number of pyridine rings is 1. The van der Waals surface area contributed by atoms with Crippen LogP contribution < -0.4 is 16.6 Å². The van der Waals surface area contributed by atoms with Crippen LogP contribution in [-0.2, 0) is 11.3 Å². The van der Waals surface area contributed by atoms with Gasteiger partial charge in [-0.1, -0.05) is 12.8 Å². The molecule has 1 aromatic rings. The number of nitrogens with one attached hydrogen (secondary N) is 1. The Morgan fingerprint density at radius 1 is 1.42 bits per heavy atom. The molecule has 1 saturated carbocycles. The maximum atomic E-state index is 12.0. The number of aromatic nitrogens is 1. The first-order chi connectivity index (χ1) is 9.02. The predicted molar refractivity (Wildman–Crippen MR) is 75.0 cm³/mol. The van der Waals surface area contributed by atoms with Gasteiger partial charge in [0.1, 0.15) is 0 Å². The minimum atomic E-state index is -0.344. The van der Waals surface area contributed by atoms with Gasteiger partial charge >= 0.3 is 0 Å². The Morgan fingerprint density at radius 2 is 2.11 bits per heavy atom. The lowest BCUT2D eigenvalue weighted by atomic mass is 9.94. The minimum Gasteiger partial charge on any atom is -0.325 e. The summed E-state index contributed by atoms with van der Waals surface area (Å²) >= 11 is 0. The number of carbonyl (C=O) groups excluding carboxylic acids is 1. The van der Waals surface area contributed by atoms with E-state index >= 15 is 0 Å². The van der Waals surface area contributed by atoms with Gasteiger partial charge in [-0.15, -0.1) is 0 Å². The summed E-state index contributed by atoms with van der Waals surface area (Å²) in [7, 11) is 0. The molecule has 0 radical (unpaired) electrons. The van der Waals surface area contributed by atoms with Gasteiger partial charge in [-0.05, 0) is 25.8 Å². The smallest absolute Gasteiger partial charge is 0.250 e. The molecule has 1 amide bonds. The Hall–Kier alpha value is -1.62. The van der Waals surface area contributed by atoms with Crippen LogP contribution in [0, 0.1) is 0 Å². The van der Waals surface area contributed by atoms with Gasteiger partial charge in [0, 0.05) is 30.8 Å². The molecule has 3 N–H and O–H groups in total. The molecule has 0 aliphatic heterocycles. The van der Waals surface area contributed by atoms with Crippen LogP contribution in [0.2, 0.25) is 0 Å². The highest BCUT2D eigenvalue weighted by molar-refractivity contribution is 5.91. The standard InChI is InChI=1S/C14H21N3O2/c1-2-17-10-11(5-6-13(17)19)16-12(18)9-14(15)7-3-4-8-14/h5-6,10H,2-4,7-9,15H2,1H3,(H,16,18). The predicted octanol–water partition coefficient (Wildman–Crippen LogP) is 1.47. The quantitative estimate of drug-likeness (QED) is 0.863. The van der Waals surface area contributed by atoms with Crippen molar-refractivity contribution >= 4 is 11.6 Å².